The van der Waals surface area contributed by atoms with Gasteiger partial charge in [-0.15, -0.1) is 0 Å². The van der Waals surface area contributed by atoms with E-state index in [9.17, 15) is 0 Å². The molecule has 6 rings (SSSR count). The summed E-state index contributed by atoms with van der Waals surface area (Å²) in [5.74, 6) is 0.251. The summed E-state index contributed by atoms with van der Waals surface area (Å²) < 4.78 is 11.7. The first-order valence-corrected chi connectivity index (χ1v) is 20.0. The second-order valence-corrected chi connectivity index (χ2v) is 18.6. The fourth-order valence-corrected chi connectivity index (χ4v) is 15.0. The molecule has 40 heavy (non-hydrogen) atoms. The van der Waals surface area contributed by atoms with E-state index in [0.717, 1.165) is 5.32 Å². The van der Waals surface area contributed by atoms with Crippen molar-refractivity contribution >= 4 is 57.3 Å². The van der Waals surface area contributed by atoms with E-state index in [-0.39, 0.29) is 27.0 Å². The Kier molecular flexibility index (Phi) is 8.53. The van der Waals surface area contributed by atoms with Crippen molar-refractivity contribution in [2.24, 2.45) is 0 Å². The minimum atomic E-state index is -2.43. The fraction of sp³-hybridized carbons (Fsp3) is 0.111. The molecule has 0 aliphatic carbocycles. The van der Waals surface area contributed by atoms with E-state index in [4.69, 9.17) is 4.74 Å². The van der Waals surface area contributed by atoms with Gasteiger partial charge in [-0.05, 0) is 0 Å². The van der Waals surface area contributed by atoms with Gasteiger partial charge in [-0.2, -0.15) is 0 Å². The molecule has 0 spiro atoms. The fourth-order valence-electron chi connectivity index (χ4n) is 5.50. The van der Waals surface area contributed by atoms with E-state index in [2.05, 4.69) is 158 Å². The molecule has 0 radical (unpaired) electrons. The molecule has 2 unspecified atom stereocenters. The maximum absolute atomic E-state index is 7.38. The van der Waals surface area contributed by atoms with E-state index >= 15 is 0 Å². The molecule has 0 saturated heterocycles. The molecule has 0 N–H and O–H groups in total. The van der Waals surface area contributed by atoms with Gasteiger partial charge in [0.2, 0.25) is 0 Å². The Bertz CT molecular complexity index is 1500. The second kappa shape index (κ2) is 12.6. The van der Waals surface area contributed by atoms with Gasteiger partial charge in [0.05, 0.1) is 0 Å². The average molecular weight is 667 g/mol. The molecule has 0 bridgehead atoms. The Morgan fingerprint density at radius 1 is 0.575 bits per heavy atom. The first-order valence-electron chi connectivity index (χ1n) is 13.7. The maximum atomic E-state index is 7.38. The first kappa shape index (κ1) is 27.1. The number of benzene rings is 5. The van der Waals surface area contributed by atoms with Crippen LogP contribution in [0.5, 0.6) is 0 Å². The van der Waals surface area contributed by atoms with E-state index in [1.807, 2.05) is 0 Å². The van der Waals surface area contributed by atoms with Gasteiger partial charge in [0.1, 0.15) is 0 Å². The molecule has 0 fully saturated rings. The Hall–Kier alpha value is -3.10. The van der Waals surface area contributed by atoms with Gasteiger partial charge < -0.3 is 0 Å². The molecular weight excluding hydrogens is 634 g/mol. The second-order valence-electron chi connectivity index (χ2n) is 10.1. The van der Waals surface area contributed by atoms with Crippen molar-refractivity contribution in [3.8, 4) is 0 Å². The Morgan fingerprint density at radius 2 is 1.02 bits per heavy atom. The molecular formula is C36H32OSe2Si. The van der Waals surface area contributed by atoms with Crippen LogP contribution in [0.15, 0.2) is 162 Å². The summed E-state index contributed by atoms with van der Waals surface area (Å²) in [6.07, 6.45) is 0.123. The van der Waals surface area contributed by atoms with Crippen molar-refractivity contribution in [2.45, 2.75) is 23.9 Å². The van der Waals surface area contributed by atoms with E-state index < -0.39 is 8.07 Å². The van der Waals surface area contributed by atoms with E-state index in [1.54, 1.807) is 0 Å². The molecule has 1 heterocycles. The summed E-state index contributed by atoms with van der Waals surface area (Å²) >= 11 is 0.472. The molecule has 198 valence electrons. The standard InChI is InChI=1S/C36H32OSe2Si/c1-40(31-23-13-5-14-24-31,32-25-15-6-16-26-32)36-35(39-30-21-11-4-12-22-30)34(28-17-7-2-8-18-28)33(37-36)27-38-29-19-9-3-10-20-29/h2-26,33-34H,27H2,1H3. The van der Waals surface area contributed by atoms with Crippen molar-refractivity contribution in [3.05, 3.63) is 167 Å². The molecule has 0 aromatic heterocycles. The molecule has 1 aliphatic heterocycles. The first-order chi connectivity index (χ1) is 19.7. The third-order valence-corrected chi connectivity index (χ3v) is 17.0. The van der Waals surface area contributed by atoms with Crippen LogP contribution in [0.4, 0.5) is 0 Å². The minimum absolute atomic E-state index is 0.123. The molecule has 0 saturated carbocycles. The molecule has 5 aromatic rings. The monoisotopic (exact) mass is 668 g/mol. The summed E-state index contributed by atoms with van der Waals surface area (Å²) in [5, 5.41) is 5.12. The summed E-state index contributed by atoms with van der Waals surface area (Å²) in [5.41, 5.74) is 1.37. The summed E-state index contributed by atoms with van der Waals surface area (Å²) in [7, 11) is -2.43. The van der Waals surface area contributed by atoms with Crippen LogP contribution in [0.25, 0.3) is 0 Å². The van der Waals surface area contributed by atoms with Crippen LogP contribution in [0.3, 0.4) is 0 Å². The van der Waals surface area contributed by atoms with Gasteiger partial charge in [0, 0.05) is 0 Å². The molecule has 5 aromatic carbocycles. The van der Waals surface area contributed by atoms with Crippen LogP contribution >= 0.6 is 0 Å². The topological polar surface area (TPSA) is 9.23 Å². The molecule has 2 atom stereocenters. The van der Waals surface area contributed by atoms with Crippen LogP contribution in [0.1, 0.15) is 11.5 Å². The number of hydrogen-bond donors (Lipinski definition) is 0. The quantitative estimate of drug-likeness (QED) is 0.195. The third kappa shape index (κ3) is 5.70. The van der Waals surface area contributed by atoms with Gasteiger partial charge in [0.15, 0.2) is 0 Å². The van der Waals surface area contributed by atoms with E-state index in [0.29, 0.717) is 15.0 Å². The number of ether oxygens (including phenoxy) is 1. The molecule has 1 nitrogen and oxygen atoms in total. The van der Waals surface area contributed by atoms with Crippen molar-refractivity contribution in [1.82, 2.24) is 0 Å². The summed E-state index contributed by atoms with van der Waals surface area (Å²) in [6.45, 7) is 2.50. The van der Waals surface area contributed by atoms with Gasteiger partial charge in [-0.3, -0.25) is 0 Å². The van der Waals surface area contributed by atoms with Crippen molar-refractivity contribution < 1.29 is 4.74 Å². The zero-order valence-electron chi connectivity index (χ0n) is 22.5. The van der Waals surface area contributed by atoms with Gasteiger partial charge >= 0.3 is 253 Å². The van der Waals surface area contributed by atoms with Crippen molar-refractivity contribution in [3.63, 3.8) is 0 Å². The third-order valence-electron chi connectivity index (χ3n) is 7.59. The van der Waals surface area contributed by atoms with Crippen LogP contribution in [0.2, 0.25) is 11.9 Å². The zero-order valence-corrected chi connectivity index (χ0v) is 26.9. The molecule has 1 aliphatic rings. The van der Waals surface area contributed by atoms with Crippen LogP contribution in [-0.4, -0.2) is 44.1 Å². The Balaban J connectivity index is 1.53. The molecule has 0 amide bonds. The number of hydrogen-bond acceptors (Lipinski definition) is 1. The summed E-state index contributed by atoms with van der Waals surface area (Å²) in [6, 6.07) is 55.4. The number of rotatable bonds is 9. The zero-order chi connectivity index (χ0) is 27.2. The van der Waals surface area contributed by atoms with E-state index in [1.165, 1.54) is 34.7 Å². The predicted octanol–water partition coefficient (Wildman–Crippen LogP) is 5.29. The van der Waals surface area contributed by atoms with Crippen LogP contribution in [0, 0.1) is 0 Å². The average Bonchev–Trinajstić information content (AvgIpc) is 3.40. The van der Waals surface area contributed by atoms with Crippen LogP contribution in [-0.2, 0) is 4.74 Å². The Labute approximate surface area is 251 Å². The van der Waals surface area contributed by atoms with Crippen molar-refractivity contribution in [1.29, 1.82) is 0 Å². The van der Waals surface area contributed by atoms with Gasteiger partial charge in [-0.25, -0.2) is 0 Å². The van der Waals surface area contributed by atoms with Gasteiger partial charge in [-0.1, -0.05) is 0 Å². The van der Waals surface area contributed by atoms with Crippen molar-refractivity contribution in [2.75, 3.05) is 0 Å². The predicted molar refractivity (Wildman–Crippen MR) is 173 cm³/mol. The summed E-state index contributed by atoms with van der Waals surface area (Å²) in [4.78, 5) is 0. The van der Waals surface area contributed by atoms with Crippen LogP contribution < -0.4 is 19.3 Å². The van der Waals surface area contributed by atoms with Gasteiger partial charge in [0.25, 0.3) is 0 Å². The SMILES string of the molecule is C[Si](C1=C([Se]c2ccccc2)C(c2ccccc2)C(C[Se]c2ccccc2)O1)(c1ccccc1)c1ccccc1. The molecule has 4 heteroatoms. The normalized spacial score (nSPS) is 17.0. The Morgan fingerprint density at radius 3 is 1.55 bits per heavy atom.